The van der Waals surface area contributed by atoms with Crippen LogP contribution in [0.1, 0.15) is 31.2 Å². The van der Waals surface area contributed by atoms with Gasteiger partial charge in [-0.1, -0.05) is 18.2 Å². The molecule has 0 saturated carbocycles. The van der Waals surface area contributed by atoms with Crippen LogP contribution in [0, 0.1) is 0 Å². The molecule has 0 spiro atoms. The number of nitrogens with zero attached hydrogens (tertiary/aromatic N) is 4. The molecular formula is C24H24N4O3S. The lowest BCUT2D eigenvalue weighted by Gasteiger charge is -2.19. The van der Waals surface area contributed by atoms with E-state index in [1.54, 1.807) is 60.7 Å². The highest BCUT2D eigenvalue weighted by atomic mass is 32.2. The molecule has 7 nitrogen and oxygen atoms in total. The number of hydrogen-bond donors (Lipinski definition) is 0. The Kier molecular flexibility index (Phi) is 5.09. The third kappa shape index (κ3) is 3.40. The summed E-state index contributed by atoms with van der Waals surface area (Å²) < 4.78 is 35.5. The molecule has 32 heavy (non-hydrogen) atoms. The van der Waals surface area contributed by atoms with E-state index in [-0.39, 0.29) is 4.90 Å². The Morgan fingerprint density at radius 1 is 1.00 bits per heavy atom. The van der Waals surface area contributed by atoms with E-state index in [1.165, 1.54) is 3.97 Å². The van der Waals surface area contributed by atoms with Crippen molar-refractivity contribution in [3.8, 4) is 11.1 Å². The number of pyridine rings is 1. The molecule has 0 aliphatic heterocycles. The summed E-state index contributed by atoms with van der Waals surface area (Å²) in [6.07, 6.45) is 11.0. The van der Waals surface area contributed by atoms with Gasteiger partial charge in [0.25, 0.3) is 10.0 Å². The Hall–Kier alpha value is -3.39. The summed E-state index contributed by atoms with van der Waals surface area (Å²) in [5.74, 6) is 0.983. The zero-order chi connectivity index (χ0) is 22.3. The Morgan fingerprint density at radius 2 is 1.78 bits per heavy atom. The highest BCUT2D eigenvalue weighted by Crippen LogP contribution is 2.37. The second kappa shape index (κ2) is 7.94. The summed E-state index contributed by atoms with van der Waals surface area (Å²) in [5, 5.41) is 5.04. The molecule has 0 amide bonds. The lowest BCUT2D eigenvalue weighted by atomic mass is 9.92. The molecule has 3 heterocycles. The van der Waals surface area contributed by atoms with Crippen molar-refractivity contribution in [1.29, 1.82) is 0 Å². The molecule has 4 aromatic rings. The van der Waals surface area contributed by atoms with Crippen LogP contribution >= 0.6 is 0 Å². The van der Waals surface area contributed by atoms with Gasteiger partial charge >= 0.3 is 0 Å². The molecule has 0 radical (unpaired) electrons. The fourth-order valence-electron chi connectivity index (χ4n) is 4.33. The average Bonchev–Trinajstić information content (AvgIpc) is 3.43. The molecule has 8 heteroatoms. The monoisotopic (exact) mass is 448 g/mol. The molecule has 0 N–H and O–H groups in total. The Balaban J connectivity index is 1.76. The number of methoxy groups -OCH3 is 1. The van der Waals surface area contributed by atoms with Crippen LogP contribution in [0.2, 0.25) is 0 Å². The summed E-state index contributed by atoms with van der Waals surface area (Å²) >= 11 is 0. The van der Waals surface area contributed by atoms with E-state index >= 15 is 0 Å². The molecule has 164 valence electrons. The van der Waals surface area contributed by atoms with Crippen molar-refractivity contribution in [3.05, 3.63) is 72.5 Å². The molecule has 5 rings (SSSR count). The Labute approximate surface area is 187 Å². The molecule has 1 aliphatic carbocycles. The van der Waals surface area contributed by atoms with Gasteiger partial charge in [-0.25, -0.2) is 17.4 Å². The fourth-order valence-corrected chi connectivity index (χ4v) is 5.68. The summed E-state index contributed by atoms with van der Waals surface area (Å²) in [5.41, 5.74) is 4.12. The summed E-state index contributed by atoms with van der Waals surface area (Å²) in [7, 11) is -0.266. The number of aromatic nitrogens is 4. The van der Waals surface area contributed by atoms with Crippen molar-refractivity contribution < 1.29 is 13.2 Å². The zero-order valence-corrected chi connectivity index (χ0v) is 18.8. The van der Waals surface area contributed by atoms with E-state index < -0.39 is 10.0 Å². The highest BCUT2D eigenvalue weighted by molar-refractivity contribution is 7.90. The fraction of sp³-hybridized carbons (Fsp3) is 0.250. The maximum Gasteiger partial charge on any atom is 0.269 e. The van der Waals surface area contributed by atoms with Crippen molar-refractivity contribution in [3.63, 3.8) is 0 Å². The Morgan fingerprint density at radius 3 is 2.50 bits per heavy atom. The van der Waals surface area contributed by atoms with Crippen molar-refractivity contribution in [2.45, 2.75) is 30.6 Å². The van der Waals surface area contributed by atoms with Gasteiger partial charge in [-0.2, -0.15) is 5.10 Å². The number of fused-ring (bicyclic) bond motifs is 1. The summed E-state index contributed by atoms with van der Waals surface area (Å²) in [6, 6.07) is 10.4. The first kappa shape index (κ1) is 20.5. The lowest BCUT2D eigenvalue weighted by Crippen LogP contribution is -2.12. The van der Waals surface area contributed by atoms with E-state index in [2.05, 4.69) is 10.1 Å². The van der Waals surface area contributed by atoms with Crippen LogP contribution in [0.4, 0.5) is 0 Å². The lowest BCUT2D eigenvalue weighted by molar-refractivity contribution is 0.270. The predicted molar refractivity (Wildman–Crippen MR) is 123 cm³/mol. The molecule has 0 fully saturated rings. The van der Waals surface area contributed by atoms with Crippen LogP contribution in [0.3, 0.4) is 0 Å². The van der Waals surface area contributed by atoms with Gasteiger partial charge in [0.2, 0.25) is 0 Å². The largest absolute Gasteiger partial charge is 0.501 e. The van der Waals surface area contributed by atoms with Crippen molar-refractivity contribution >= 4 is 26.6 Å². The SMILES string of the molecule is COC1=C(c2cnc3c(c2)c(-c2cnn(C)c2)cn3S(=O)(=O)c2ccccc2)CCCC1. The van der Waals surface area contributed by atoms with Crippen LogP contribution in [-0.4, -0.2) is 34.3 Å². The molecule has 0 atom stereocenters. The first-order valence-corrected chi connectivity index (χ1v) is 12.0. The molecule has 1 aromatic carbocycles. The van der Waals surface area contributed by atoms with Crippen LogP contribution in [0.5, 0.6) is 0 Å². The van der Waals surface area contributed by atoms with Crippen LogP contribution in [0.15, 0.2) is 71.8 Å². The van der Waals surface area contributed by atoms with E-state index in [9.17, 15) is 8.42 Å². The third-order valence-electron chi connectivity index (χ3n) is 5.94. The molecule has 3 aromatic heterocycles. The van der Waals surface area contributed by atoms with Gasteiger partial charge in [0.1, 0.15) is 0 Å². The topological polar surface area (TPSA) is 79.0 Å². The van der Waals surface area contributed by atoms with Gasteiger partial charge in [0, 0.05) is 54.1 Å². The predicted octanol–water partition coefficient (Wildman–Crippen LogP) is 4.61. The van der Waals surface area contributed by atoms with Gasteiger partial charge < -0.3 is 4.74 Å². The molecule has 0 saturated heterocycles. The second-order valence-electron chi connectivity index (χ2n) is 7.97. The van der Waals surface area contributed by atoms with Gasteiger partial charge in [0.15, 0.2) is 5.65 Å². The van der Waals surface area contributed by atoms with E-state index in [4.69, 9.17) is 4.74 Å². The normalized spacial score (nSPS) is 14.8. The number of ether oxygens (including phenoxy) is 1. The van der Waals surface area contributed by atoms with Crippen LogP contribution < -0.4 is 0 Å². The van der Waals surface area contributed by atoms with Gasteiger partial charge in [-0.15, -0.1) is 0 Å². The molecule has 0 unspecified atom stereocenters. The van der Waals surface area contributed by atoms with Gasteiger partial charge in [-0.3, -0.25) is 4.68 Å². The Bertz CT molecular complexity index is 1430. The first-order valence-electron chi connectivity index (χ1n) is 10.6. The quantitative estimate of drug-likeness (QED) is 0.446. The molecular weight excluding hydrogens is 424 g/mol. The average molecular weight is 449 g/mol. The molecule has 1 aliphatic rings. The van der Waals surface area contributed by atoms with Crippen LogP contribution in [-0.2, 0) is 21.8 Å². The maximum atomic E-state index is 13.5. The highest BCUT2D eigenvalue weighted by Gasteiger charge is 2.24. The first-order chi connectivity index (χ1) is 15.5. The maximum absolute atomic E-state index is 13.5. The van der Waals surface area contributed by atoms with Gasteiger partial charge in [0.05, 0.1) is 24.0 Å². The number of benzene rings is 1. The zero-order valence-electron chi connectivity index (χ0n) is 18.0. The number of allylic oxidation sites excluding steroid dienone is 2. The molecule has 0 bridgehead atoms. The van der Waals surface area contributed by atoms with Crippen LogP contribution in [0.25, 0.3) is 27.7 Å². The number of rotatable bonds is 5. The smallest absolute Gasteiger partial charge is 0.269 e. The summed E-state index contributed by atoms with van der Waals surface area (Å²) in [4.78, 5) is 4.86. The summed E-state index contributed by atoms with van der Waals surface area (Å²) in [6.45, 7) is 0. The van der Waals surface area contributed by atoms with Crippen molar-refractivity contribution in [2.75, 3.05) is 7.11 Å². The standard InChI is InChI=1S/C24H24N4O3S/c1-27-15-18(14-26-27)22-16-28(32(29,30)19-8-4-3-5-9-19)24-21(22)12-17(13-25-24)20-10-6-7-11-23(20)31-2/h3-5,8-9,12-16H,6-7,10-11H2,1-2H3. The number of aryl methyl sites for hydroxylation is 1. The van der Waals surface area contributed by atoms with E-state index in [1.807, 2.05) is 19.3 Å². The van der Waals surface area contributed by atoms with Crippen molar-refractivity contribution in [2.24, 2.45) is 7.05 Å². The van der Waals surface area contributed by atoms with Crippen molar-refractivity contribution in [1.82, 2.24) is 18.7 Å². The minimum atomic E-state index is -3.81. The van der Waals surface area contributed by atoms with E-state index in [0.717, 1.165) is 59.1 Å². The van der Waals surface area contributed by atoms with Gasteiger partial charge in [-0.05, 0) is 43.0 Å². The number of hydrogen-bond acceptors (Lipinski definition) is 5. The minimum absolute atomic E-state index is 0.220. The van der Waals surface area contributed by atoms with E-state index in [0.29, 0.717) is 5.65 Å². The second-order valence-corrected chi connectivity index (χ2v) is 9.78. The minimum Gasteiger partial charge on any atom is -0.501 e. The third-order valence-corrected chi connectivity index (χ3v) is 7.60.